The lowest BCUT2D eigenvalue weighted by Crippen LogP contribution is -2.34. The molecule has 2 aromatic rings. The van der Waals surface area contributed by atoms with Crippen LogP contribution in [0, 0.1) is 10.1 Å². The van der Waals surface area contributed by atoms with Crippen molar-refractivity contribution in [1.29, 1.82) is 0 Å². The van der Waals surface area contributed by atoms with Crippen LogP contribution >= 0.6 is 0 Å². The molecule has 1 saturated carbocycles. The van der Waals surface area contributed by atoms with E-state index in [0.717, 1.165) is 18.4 Å². The van der Waals surface area contributed by atoms with Crippen molar-refractivity contribution in [2.24, 2.45) is 0 Å². The van der Waals surface area contributed by atoms with Gasteiger partial charge in [-0.3, -0.25) is 14.9 Å². The van der Waals surface area contributed by atoms with Crippen molar-refractivity contribution >= 4 is 17.6 Å². The number of hydrogen-bond acceptors (Lipinski definition) is 4. The van der Waals surface area contributed by atoms with Crippen LogP contribution in [0.1, 0.15) is 34.3 Å². The molecule has 0 aliphatic heterocycles. The first-order valence-corrected chi connectivity index (χ1v) is 8.29. The van der Waals surface area contributed by atoms with Crippen LogP contribution in [-0.4, -0.2) is 32.8 Å². The number of amides is 1. The van der Waals surface area contributed by atoms with Crippen LogP contribution in [0.25, 0.3) is 0 Å². The molecule has 1 fully saturated rings. The Balaban J connectivity index is 1.75. The molecule has 1 aliphatic rings. The van der Waals surface area contributed by atoms with Crippen molar-refractivity contribution in [3.63, 3.8) is 0 Å². The molecular formula is C19H18N2O5. The van der Waals surface area contributed by atoms with E-state index in [1.165, 1.54) is 18.2 Å². The van der Waals surface area contributed by atoms with Crippen LogP contribution < -0.4 is 0 Å². The molecule has 7 heteroatoms. The third-order valence-electron chi connectivity index (χ3n) is 4.40. The molecule has 1 N–H and O–H groups in total. The van der Waals surface area contributed by atoms with Crippen molar-refractivity contribution in [2.45, 2.75) is 31.8 Å². The second kappa shape index (κ2) is 7.35. The molecule has 0 radical (unpaired) electrons. The largest absolute Gasteiger partial charge is 0.478 e. The Labute approximate surface area is 150 Å². The average molecular weight is 354 g/mol. The average Bonchev–Trinajstić information content (AvgIpc) is 3.45. The number of benzene rings is 2. The molecular weight excluding hydrogens is 336 g/mol. The maximum absolute atomic E-state index is 12.8. The first-order valence-electron chi connectivity index (χ1n) is 8.29. The zero-order valence-electron chi connectivity index (χ0n) is 14.0. The number of aromatic carboxylic acids is 1. The third-order valence-corrected chi connectivity index (χ3v) is 4.40. The molecule has 7 nitrogen and oxygen atoms in total. The normalized spacial score (nSPS) is 13.2. The number of carboxylic acid groups (broad SMARTS) is 1. The number of nitro benzene ring substituents is 1. The molecule has 0 atom stereocenters. The first kappa shape index (κ1) is 17.6. The van der Waals surface area contributed by atoms with Gasteiger partial charge in [-0.05, 0) is 30.0 Å². The predicted octanol–water partition coefficient (Wildman–Crippen LogP) is 3.03. The minimum absolute atomic E-state index is 0.00781. The summed E-state index contributed by atoms with van der Waals surface area (Å²) in [5.41, 5.74) is 1.43. The molecule has 1 amide bonds. The molecule has 3 rings (SSSR count). The number of hydrogen-bond donors (Lipinski definition) is 1. The first-order chi connectivity index (χ1) is 12.5. The Hall–Kier alpha value is -3.22. The van der Waals surface area contributed by atoms with Gasteiger partial charge in [0.15, 0.2) is 0 Å². The number of carbonyl (C=O) groups is 2. The maximum Gasteiger partial charge on any atom is 0.335 e. The zero-order chi connectivity index (χ0) is 18.7. The van der Waals surface area contributed by atoms with Gasteiger partial charge in [-0.2, -0.15) is 0 Å². The summed E-state index contributed by atoms with van der Waals surface area (Å²) < 4.78 is 0. The Kier molecular flexibility index (Phi) is 4.97. The molecule has 0 heterocycles. The monoisotopic (exact) mass is 354 g/mol. The van der Waals surface area contributed by atoms with Crippen LogP contribution in [0.5, 0.6) is 0 Å². The van der Waals surface area contributed by atoms with Gasteiger partial charge in [-0.15, -0.1) is 0 Å². The quantitative estimate of drug-likeness (QED) is 0.608. The molecule has 0 bridgehead atoms. The third kappa shape index (κ3) is 4.05. The van der Waals surface area contributed by atoms with Crippen LogP contribution in [0.15, 0.2) is 48.5 Å². The molecule has 0 unspecified atom stereocenters. The van der Waals surface area contributed by atoms with E-state index in [4.69, 9.17) is 0 Å². The topological polar surface area (TPSA) is 101 Å². The molecule has 134 valence electrons. The minimum Gasteiger partial charge on any atom is -0.478 e. The van der Waals surface area contributed by atoms with Gasteiger partial charge in [0, 0.05) is 24.7 Å². The summed E-state index contributed by atoms with van der Waals surface area (Å²) in [5.74, 6) is -1.19. The number of nitro groups is 1. The SMILES string of the molecule is O=C(O)c1ccccc1CC(=O)N(Cc1ccc([N+](=O)[O-])cc1)C1CC1. The number of carbonyl (C=O) groups excluding carboxylic acids is 1. The highest BCUT2D eigenvalue weighted by Crippen LogP contribution is 2.29. The van der Waals surface area contributed by atoms with Gasteiger partial charge < -0.3 is 10.0 Å². The fourth-order valence-corrected chi connectivity index (χ4v) is 2.87. The van der Waals surface area contributed by atoms with Gasteiger partial charge >= 0.3 is 5.97 Å². The van der Waals surface area contributed by atoms with Crippen molar-refractivity contribution in [3.8, 4) is 0 Å². The summed E-state index contributed by atoms with van der Waals surface area (Å²) in [4.78, 5) is 36.1. The summed E-state index contributed by atoms with van der Waals surface area (Å²) in [6.45, 7) is 0.358. The number of carboxylic acids is 1. The lowest BCUT2D eigenvalue weighted by Gasteiger charge is -2.23. The highest BCUT2D eigenvalue weighted by molar-refractivity contribution is 5.91. The molecule has 0 spiro atoms. The zero-order valence-corrected chi connectivity index (χ0v) is 14.0. The Bertz CT molecular complexity index is 843. The molecule has 0 aromatic heterocycles. The number of nitrogens with zero attached hydrogens (tertiary/aromatic N) is 2. The van der Waals surface area contributed by atoms with E-state index in [9.17, 15) is 24.8 Å². The smallest absolute Gasteiger partial charge is 0.335 e. The van der Waals surface area contributed by atoms with Crippen molar-refractivity contribution < 1.29 is 19.6 Å². The van der Waals surface area contributed by atoms with Crippen molar-refractivity contribution in [3.05, 3.63) is 75.3 Å². The van der Waals surface area contributed by atoms with Gasteiger partial charge in [-0.1, -0.05) is 30.3 Å². The lowest BCUT2D eigenvalue weighted by atomic mass is 10.0. The van der Waals surface area contributed by atoms with Gasteiger partial charge in [0.05, 0.1) is 16.9 Å². The minimum atomic E-state index is -1.05. The number of non-ortho nitro benzene ring substituents is 1. The predicted molar refractivity (Wildman–Crippen MR) is 93.8 cm³/mol. The van der Waals surface area contributed by atoms with E-state index in [1.54, 1.807) is 35.2 Å². The van der Waals surface area contributed by atoms with Gasteiger partial charge in [-0.25, -0.2) is 4.79 Å². The van der Waals surface area contributed by atoms with Crippen molar-refractivity contribution in [2.75, 3.05) is 0 Å². The van der Waals surface area contributed by atoms with Crippen molar-refractivity contribution in [1.82, 2.24) is 4.90 Å². The summed E-state index contributed by atoms with van der Waals surface area (Å²) in [6, 6.07) is 12.8. The second-order valence-corrected chi connectivity index (χ2v) is 6.32. The van der Waals surface area contributed by atoms with E-state index < -0.39 is 10.9 Å². The van der Waals surface area contributed by atoms with Gasteiger partial charge in [0.1, 0.15) is 0 Å². The Morgan fingerprint density at radius 3 is 2.35 bits per heavy atom. The summed E-state index contributed by atoms with van der Waals surface area (Å²) >= 11 is 0. The Morgan fingerprint density at radius 2 is 1.77 bits per heavy atom. The van der Waals surface area contributed by atoms with Gasteiger partial charge in [0.25, 0.3) is 5.69 Å². The van der Waals surface area contributed by atoms with E-state index in [-0.39, 0.29) is 29.6 Å². The fraction of sp³-hybridized carbons (Fsp3) is 0.263. The van der Waals surface area contributed by atoms with Crippen LogP contribution in [-0.2, 0) is 17.8 Å². The molecule has 1 aliphatic carbocycles. The van der Waals surface area contributed by atoms with Gasteiger partial charge in [0.2, 0.25) is 5.91 Å². The van der Waals surface area contributed by atoms with E-state index in [1.807, 2.05) is 0 Å². The Morgan fingerprint density at radius 1 is 1.12 bits per heavy atom. The second-order valence-electron chi connectivity index (χ2n) is 6.32. The van der Waals surface area contributed by atoms with E-state index in [0.29, 0.717) is 12.1 Å². The maximum atomic E-state index is 12.8. The fourth-order valence-electron chi connectivity index (χ4n) is 2.87. The standard InChI is InChI=1S/C19H18N2O5/c22-18(11-14-3-1-2-4-17(14)19(23)24)20(15-9-10-15)12-13-5-7-16(8-6-13)21(25)26/h1-8,15H,9-12H2,(H,23,24). The summed E-state index contributed by atoms with van der Waals surface area (Å²) in [7, 11) is 0. The lowest BCUT2D eigenvalue weighted by molar-refractivity contribution is -0.384. The summed E-state index contributed by atoms with van der Waals surface area (Å²) in [5, 5.41) is 20.0. The summed E-state index contributed by atoms with van der Waals surface area (Å²) in [6.07, 6.45) is 1.85. The van der Waals surface area contributed by atoms with Crippen LogP contribution in [0.2, 0.25) is 0 Å². The van der Waals surface area contributed by atoms with E-state index >= 15 is 0 Å². The number of rotatable bonds is 7. The highest BCUT2D eigenvalue weighted by atomic mass is 16.6. The van der Waals surface area contributed by atoms with Crippen LogP contribution in [0.4, 0.5) is 5.69 Å². The highest BCUT2D eigenvalue weighted by Gasteiger charge is 2.32. The molecule has 26 heavy (non-hydrogen) atoms. The molecule has 2 aromatic carbocycles. The molecule has 0 saturated heterocycles. The van der Waals surface area contributed by atoms with E-state index in [2.05, 4.69) is 0 Å². The van der Waals surface area contributed by atoms with Crippen LogP contribution in [0.3, 0.4) is 0 Å².